The second kappa shape index (κ2) is 6.58. The summed E-state index contributed by atoms with van der Waals surface area (Å²) in [5.41, 5.74) is 7.77. The van der Waals surface area contributed by atoms with Gasteiger partial charge in [0.2, 0.25) is 5.91 Å². The lowest BCUT2D eigenvalue weighted by atomic mass is 10.2. The van der Waals surface area contributed by atoms with E-state index in [-0.39, 0.29) is 11.7 Å². The summed E-state index contributed by atoms with van der Waals surface area (Å²) in [6, 6.07) is 8.78. The molecule has 0 unspecified atom stereocenters. The fourth-order valence-corrected chi connectivity index (χ4v) is 2.40. The van der Waals surface area contributed by atoms with E-state index in [4.69, 9.17) is 5.73 Å². The second-order valence-electron chi connectivity index (χ2n) is 4.49. The van der Waals surface area contributed by atoms with Crippen molar-refractivity contribution in [3.63, 3.8) is 0 Å². The van der Waals surface area contributed by atoms with Crippen LogP contribution in [0.2, 0.25) is 0 Å². The van der Waals surface area contributed by atoms with Crippen LogP contribution < -0.4 is 11.1 Å². The van der Waals surface area contributed by atoms with Crippen LogP contribution >= 0.6 is 11.8 Å². The predicted octanol–water partition coefficient (Wildman–Crippen LogP) is 3.59. The molecule has 0 radical (unpaired) electrons. The Morgan fingerprint density at radius 2 is 1.95 bits per heavy atom. The summed E-state index contributed by atoms with van der Waals surface area (Å²) in [5, 5.41) is 2.74. The van der Waals surface area contributed by atoms with Crippen LogP contribution in [0, 0.1) is 18.6 Å². The van der Waals surface area contributed by atoms with Gasteiger partial charge in [0.15, 0.2) is 11.6 Å². The van der Waals surface area contributed by atoms with E-state index in [0.29, 0.717) is 16.3 Å². The van der Waals surface area contributed by atoms with E-state index in [0.717, 1.165) is 29.5 Å². The molecule has 110 valence electrons. The SMILES string of the molecule is Cc1ccc(N)cc1NC(=O)CSc1ccc(F)c(F)c1. The normalized spacial score (nSPS) is 10.4. The van der Waals surface area contributed by atoms with Crippen LogP contribution in [-0.4, -0.2) is 11.7 Å². The molecule has 0 spiro atoms. The van der Waals surface area contributed by atoms with Crippen molar-refractivity contribution in [3.05, 3.63) is 53.6 Å². The second-order valence-corrected chi connectivity index (χ2v) is 5.54. The Morgan fingerprint density at radius 3 is 2.67 bits per heavy atom. The van der Waals surface area contributed by atoms with E-state index >= 15 is 0 Å². The van der Waals surface area contributed by atoms with Crippen molar-refractivity contribution in [1.82, 2.24) is 0 Å². The number of aryl methyl sites for hydroxylation is 1. The highest BCUT2D eigenvalue weighted by Crippen LogP contribution is 2.22. The summed E-state index contributed by atoms with van der Waals surface area (Å²) in [5.74, 6) is -1.97. The van der Waals surface area contributed by atoms with E-state index in [9.17, 15) is 13.6 Å². The number of hydrogen-bond donors (Lipinski definition) is 2. The van der Waals surface area contributed by atoms with Crippen LogP contribution in [0.3, 0.4) is 0 Å². The number of rotatable bonds is 4. The third kappa shape index (κ3) is 4.19. The number of nitrogens with two attached hydrogens (primary N) is 1. The van der Waals surface area contributed by atoms with Crippen molar-refractivity contribution in [1.29, 1.82) is 0 Å². The molecule has 2 aromatic rings. The van der Waals surface area contributed by atoms with E-state index in [2.05, 4.69) is 5.32 Å². The zero-order valence-corrected chi connectivity index (χ0v) is 12.1. The predicted molar refractivity (Wildman–Crippen MR) is 81.3 cm³/mol. The maximum absolute atomic E-state index is 13.0. The first-order valence-electron chi connectivity index (χ1n) is 6.19. The van der Waals surface area contributed by atoms with E-state index in [1.54, 1.807) is 12.1 Å². The van der Waals surface area contributed by atoms with Crippen molar-refractivity contribution in [3.8, 4) is 0 Å². The standard InChI is InChI=1S/C15H14F2N2OS/c1-9-2-3-10(18)6-14(9)19-15(20)8-21-11-4-5-12(16)13(17)7-11/h2-7H,8,18H2,1H3,(H,19,20). The zero-order chi connectivity index (χ0) is 15.4. The molecule has 0 aliphatic heterocycles. The van der Waals surface area contributed by atoms with Crippen LogP contribution in [-0.2, 0) is 4.79 Å². The molecule has 21 heavy (non-hydrogen) atoms. The van der Waals surface area contributed by atoms with Crippen molar-refractivity contribution in [2.75, 3.05) is 16.8 Å². The molecule has 0 saturated heterocycles. The van der Waals surface area contributed by atoms with Crippen molar-refractivity contribution >= 4 is 29.0 Å². The lowest BCUT2D eigenvalue weighted by Crippen LogP contribution is -2.15. The Bertz CT molecular complexity index is 677. The molecule has 1 amide bonds. The number of hydrogen-bond acceptors (Lipinski definition) is 3. The van der Waals surface area contributed by atoms with Gasteiger partial charge in [-0.1, -0.05) is 6.07 Å². The quantitative estimate of drug-likeness (QED) is 0.670. The number of amides is 1. The number of nitrogens with one attached hydrogen (secondary N) is 1. The Balaban J connectivity index is 1.95. The molecule has 0 aromatic heterocycles. The smallest absolute Gasteiger partial charge is 0.234 e. The van der Waals surface area contributed by atoms with Gasteiger partial charge in [0.25, 0.3) is 0 Å². The van der Waals surface area contributed by atoms with E-state index < -0.39 is 11.6 Å². The summed E-state index contributed by atoms with van der Waals surface area (Å²) in [7, 11) is 0. The first-order valence-corrected chi connectivity index (χ1v) is 7.18. The maximum atomic E-state index is 13.0. The van der Waals surface area contributed by atoms with Crippen molar-refractivity contribution in [2.45, 2.75) is 11.8 Å². The van der Waals surface area contributed by atoms with Gasteiger partial charge in [0.05, 0.1) is 5.75 Å². The Hall–Kier alpha value is -2.08. The van der Waals surface area contributed by atoms with Gasteiger partial charge in [0.1, 0.15) is 0 Å². The number of halogens is 2. The number of nitrogen functional groups attached to an aromatic ring is 1. The summed E-state index contributed by atoms with van der Waals surface area (Å²) in [4.78, 5) is 12.4. The topological polar surface area (TPSA) is 55.1 Å². The van der Waals surface area contributed by atoms with Crippen LogP contribution in [0.25, 0.3) is 0 Å². The number of benzene rings is 2. The summed E-state index contributed by atoms with van der Waals surface area (Å²) >= 11 is 1.13. The summed E-state index contributed by atoms with van der Waals surface area (Å²) in [6.07, 6.45) is 0. The molecule has 0 atom stereocenters. The van der Waals surface area contributed by atoms with Gasteiger partial charge < -0.3 is 11.1 Å². The zero-order valence-electron chi connectivity index (χ0n) is 11.3. The van der Waals surface area contributed by atoms with Crippen LogP contribution in [0.1, 0.15) is 5.56 Å². The lowest BCUT2D eigenvalue weighted by Gasteiger charge is -2.09. The fourth-order valence-electron chi connectivity index (χ4n) is 1.68. The Labute approximate surface area is 125 Å². The van der Waals surface area contributed by atoms with Crippen LogP contribution in [0.15, 0.2) is 41.3 Å². The number of thioether (sulfide) groups is 1. The van der Waals surface area contributed by atoms with Crippen LogP contribution in [0.5, 0.6) is 0 Å². The van der Waals surface area contributed by atoms with Gasteiger partial charge >= 0.3 is 0 Å². The van der Waals surface area contributed by atoms with Crippen molar-refractivity contribution in [2.24, 2.45) is 0 Å². The Morgan fingerprint density at radius 1 is 1.19 bits per heavy atom. The minimum Gasteiger partial charge on any atom is -0.399 e. The summed E-state index contributed by atoms with van der Waals surface area (Å²) < 4.78 is 25.8. The highest BCUT2D eigenvalue weighted by molar-refractivity contribution is 8.00. The van der Waals surface area contributed by atoms with Gasteiger partial charge in [-0.25, -0.2) is 8.78 Å². The van der Waals surface area contributed by atoms with Gasteiger partial charge in [-0.05, 0) is 42.8 Å². The fraction of sp³-hybridized carbons (Fsp3) is 0.133. The van der Waals surface area contributed by atoms with Crippen LogP contribution in [0.4, 0.5) is 20.2 Å². The molecular weight excluding hydrogens is 294 g/mol. The molecule has 6 heteroatoms. The molecular formula is C15H14F2N2OS. The molecule has 0 aliphatic carbocycles. The third-order valence-electron chi connectivity index (χ3n) is 2.80. The average Bonchev–Trinajstić information content (AvgIpc) is 2.44. The molecule has 0 aliphatic rings. The highest BCUT2D eigenvalue weighted by atomic mass is 32.2. The van der Waals surface area contributed by atoms with Gasteiger partial charge in [-0.2, -0.15) is 0 Å². The maximum Gasteiger partial charge on any atom is 0.234 e. The molecule has 0 saturated carbocycles. The minimum absolute atomic E-state index is 0.0965. The first-order chi connectivity index (χ1) is 9.95. The van der Waals surface area contributed by atoms with Gasteiger partial charge in [-0.3, -0.25) is 4.79 Å². The van der Waals surface area contributed by atoms with Crippen molar-refractivity contribution < 1.29 is 13.6 Å². The highest BCUT2D eigenvalue weighted by Gasteiger charge is 2.08. The molecule has 2 aromatic carbocycles. The molecule has 3 nitrogen and oxygen atoms in total. The lowest BCUT2D eigenvalue weighted by molar-refractivity contribution is -0.113. The van der Waals surface area contributed by atoms with Gasteiger partial charge in [0, 0.05) is 16.3 Å². The molecule has 0 heterocycles. The monoisotopic (exact) mass is 308 g/mol. The van der Waals surface area contributed by atoms with Gasteiger partial charge in [-0.15, -0.1) is 11.8 Å². The molecule has 3 N–H and O–H groups in total. The molecule has 0 fully saturated rings. The third-order valence-corrected chi connectivity index (χ3v) is 3.79. The number of carbonyl (C=O) groups is 1. The minimum atomic E-state index is -0.924. The summed E-state index contributed by atoms with van der Waals surface area (Å²) in [6.45, 7) is 1.86. The molecule has 2 rings (SSSR count). The number of carbonyl (C=O) groups excluding carboxylic acids is 1. The largest absolute Gasteiger partial charge is 0.399 e. The number of anilines is 2. The molecule has 0 bridgehead atoms. The average molecular weight is 308 g/mol. The van der Waals surface area contributed by atoms with E-state index in [1.807, 2.05) is 13.0 Å². The first kappa shape index (κ1) is 15.3. The Kier molecular flexibility index (Phi) is 4.80. The van der Waals surface area contributed by atoms with E-state index in [1.165, 1.54) is 6.07 Å².